The third kappa shape index (κ3) is 5.19. The Hall–Kier alpha value is -2.62. The number of carbonyl (C=O) groups is 3. The van der Waals surface area contributed by atoms with Crippen LogP contribution in [-0.2, 0) is 25.5 Å². The molecule has 0 aromatic heterocycles. The van der Waals surface area contributed by atoms with Gasteiger partial charge in [0.2, 0.25) is 12.7 Å². The lowest BCUT2D eigenvalue weighted by atomic mass is 9.72. The molecule has 1 aromatic carbocycles. The molecule has 1 heterocycles. The lowest BCUT2D eigenvalue weighted by Crippen LogP contribution is -2.52. The Labute approximate surface area is 156 Å². The van der Waals surface area contributed by atoms with Gasteiger partial charge in [0.15, 0.2) is 0 Å². The van der Waals surface area contributed by atoms with Gasteiger partial charge in [-0.1, -0.05) is 0 Å². The van der Waals surface area contributed by atoms with E-state index in [-0.39, 0.29) is 29.2 Å². The van der Waals surface area contributed by atoms with Crippen molar-refractivity contribution in [1.82, 2.24) is 5.32 Å². The standard InChI is InChI=1S/C17H21BFNO7/c1-9(21)20-13-6-10-5-11(19)7-12(14(10)27-18(13)24)15(22)25-8-26-16(23)17(2,3)4/h5,7,13,24H,6,8H2,1-4H3,(H,20,21). The number of fused-ring (bicyclic) bond motifs is 1. The first-order valence-corrected chi connectivity index (χ1v) is 8.27. The number of hydrogen-bond acceptors (Lipinski definition) is 7. The lowest BCUT2D eigenvalue weighted by molar-refractivity contribution is -0.161. The summed E-state index contributed by atoms with van der Waals surface area (Å²) in [6.07, 6.45) is 0.0626. The van der Waals surface area contributed by atoms with Crippen molar-refractivity contribution in [3.8, 4) is 5.75 Å². The van der Waals surface area contributed by atoms with Gasteiger partial charge in [0.1, 0.15) is 17.1 Å². The molecule has 27 heavy (non-hydrogen) atoms. The fourth-order valence-corrected chi connectivity index (χ4v) is 2.45. The molecule has 0 saturated carbocycles. The van der Waals surface area contributed by atoms with E-state index < -0.39 is 43.0 Å². The minimum atomic E-state index is -1.42. The summed E-state index contributed by atoms with van der Waals surface area (Å²) in [7, 11) is -1.42. The highest BCUT2D eigenvalue weighted by Crippen LogP contribution is 2.32. The van der Waals surface area contributed by atoms with Crippen LogP contribution < -0.4 is 9.97 Å². The molecule has 10 heteroatoms. The Balaban J connectivity index is 2.14. The van der Waals surface area contributed by atoms with E-state index in [1.807, 2.05) is 0 Å². The number of benzene rings is 1. The molecule has 0 radical (unpaired) electrons. The van der Waals surface area contributed by atoms with Crippen molar-refractivity contribution in [2.45, 2.75) is 40.1 Å². The van der Waals surface area contributed by atoms with Crippen LogP contribution in [0, 0.1) is 11.2 Å². The summed E-state index contributed by atoms with van der Waals surface area (Å²) in [6.45, 7) is 5.55. The van der Waals surface area contributed by atoms with Crippen LogP contribution in [0.25, 0.3) is 0 Å². The lowest BCUT2D eigenvalue weighted by Gasteiger charge is -2.29. The number of rotatable bonds is 4. The predicted molar refractivity (Wildman–Crippen MR) is 92.1 cm³/mol. The molecule has 0 bridgehead atoms. The Bertz CT molecular complexity index is 762. The summed E-state index contributed by atoms with van der Waals surface area (Å²) in [6, 6.07) is 2.05. The molecular weight excluding hydrogens is 360 g/mol. The largest absolute Gasteiger partial charge is 0.547 e. The molecule has 1 aliphatic rings. The second kappa shape index (κ2) is 7.95. The van der Waals surface area contributed by atoms with Crippen molar-refractivity contribution < 1.29 is 37.9 Å². The van der Waals surface area contributed by atoms with Gasteiger partial charge >= 0.3 is 19.1 Å². The maximum atomic E-state index is 13.9. The number of carbonyl (C=O) groups excluding carboxylic acids is 3. The van der Waals surface area contributed by atoms with Crippen molar-refractivity contribution in [3.05, 3.63) is 29.1 Å². The summed E-state index contributed by atoms with van der Waals surface area (Å²) >= 11 is 0. The molecule has 8 nitrogen and oxygen atoms in total. The minimum Gasteiger partial charge on any atom is -0.534 e. The molecular formula is C17H21BFNO7. The van der Waals surface area contributed by atoms with Crippen molar-refractivity contribution in [1.29, 1.82) is 0 Å². The molecule has 1 aliphatic heterocycles. The van der Waals surface area contributed by atoms with Crippen LogP contribution in [0.1, 0.15) is 43.6 Å². The number of esters is 2. The van der Waals surface area contributed by atoms with Crippen LogP contribution in [0.4, 0.5) is 4.39 Å². The van der Waals surface area contributed by atoms with Gasteiger partial charge in [0.25, 0.3) is 0 Å². The molecule has 1 unspecified atom stereocenters. The third-order valence-electron chi connectivity index (χ3n) is 3.75. The summed E-state index contributed by atoms with van der Waals surface area (Å²) in [5.74, 6) is -3.47. The fourth-order valence-electron chi connectivity index (χ4n) is 2.45. The zero-order chi connectivity index (χ0) is 20.4. The van der Waals surface area contributed by atoms with Crippen LogP contribution in [0.15, 0.2) is 12.1 Å². The van der Waals surface area contributed by atoms with E-state index in [1.54, 1.807) is 20.8 Å². The predicted octanol–water partition coefficient (Wildman–Crippen LogP) is 0.989. The average molecular weight is 381 g/mol. The van der Waals surface area contributed by atoms with Gasteiger partial charge in [-0.2, -0.15) is 0 Å². The van der Waals surface area contributed by atoms with Gasteiger partial charge in [-0.05, 0) is 44.9 Å². The van der Waals surface area contributed by atoms with Gasteiger partial charge in [-0.3, -0.25) is 9.59 Å². The van der Waals surface area contributed by atoms with Crippen molar-refractivity contribution in [2.24, 2.45) is 5.41 Å². The van der Waals surface area contributed by atoms with Gasteiger partial charge in [0, 0.05) is 6.92 Å². The highest BCUT2D eigenvalue weighted by molar-refractivity contribution is 6.47. The summed E-state index contributed by atoms with van der Waals surface area (Å²) in [5, 5.41) is 12.5. The summed E-state index contributed by atoms with van der Waals surface area (Å²) in [4.78, 5) is 35.1. The quantitative estimate of drug-likeness (QED) is 0.455. The van der Waals surface area contributed by atoms with E-state index in [2.05, 4.69) is 5.32 Å². The second-order valence-corrected chi connectivity index (χ2v) is 7.19. The average Bonchev–Trinajstić information content (AvgIpc) is 2.53. The molecule has 2 N–H and O–H groups in total. The normalized spacial score (nSPS) is 16.1. The first kappa shape index (κ1) is 20.7. The minimum absolute atomic E-state index is 0.0438. The molecule has 1 aromatic rings. The highest BCUT2D eigenvalue weighted by atomic mass is 19.1. The van der Waals surface area contributed by atoms with Crippen LogP contribution in [0.2, 0.25) is 0 Å². The molecule has 2 rings (SSSR count). The Morgan fingerprint density at radius 2 is 2.00 bits per heavy atom. The summed E-state index contributed by atoms with van der Waals surface area (Å²) < 4.78 is 28.9. The Kier molecular flexibility index (Phi) is 6.10. The van der Waals surface area contributed by atoms with E-state index in [9.17, 15) is 23.8 Å². The summed E-state index contributed by atoms with van der Waals surface area (Å²) in [5.41, 5.74) is -0.731. The zero-order valence-electron chi connectivity index (χ0n) is 15.5. The maximum Gasteiger partial charge on any atom is 0.547 e. The zero-order valence-corrected chi connectivity index (χ0v) is 15.5. The van der Waals surface area contributed by atoms with Crippen molar-refractivity contribution in [3.63, 3.8) is 0 Å². The Morgan fingerprint density at radius 1 is 1.33 bits per heavy atom. The van der Waals surface area contributed by atoms with Crippen molar-refractivity contribution >= 4 is 25.0 Å². The van der Waals surface area contributed by atoms with Gasteiger partial charge in [-0.15, -0.1) is 0 Å². The molecule has 0 saturated heterocycles. The maximum absolute atomic E-state index is 13.9. The SMILES string of the molecule is CC(=O)NC1Cc2cc(F)cc(C(=O)OCOC(=O)C(C)(C)C)c2OB1O. The second-order valence-electron chi connectivity index (χ2n) is 7.19. The van der Waals surface area contributed by atoms with Gasteiger partial charge < -0.3 is 24.5 Å². The number of amides is 1. The van der Waals surface area contributed by atoms with Gasteiger partial charge in [-0.25, -0.2) is 9.18 Å². The Morgan fingerprint density at radius 3 is 2.59 bits per heavy atom. The smallest absolute Gasteiger partial charge is 0.534 e. The number of hydrogen-bond donors (Lipinski definition) is 2. The molecule has 1 amide bonds. The fraction of sp³-hybridized carbons (Fsp3) is 0.471. The first-order valence-electron chi connectivity index (χ1n) is 8.27. The molecule has 0 spiro atoms. The number of ether oxygens (including phenoxy) is 2. The van der Waals surface area contributed by atoms with Crippen molar-refractivity contribution in [2.75, 3.05) is 6.79 Å². The first-order chi connectivity index (χ1) is 12.5. The number of nitrogens with one attached hydrogen (secondary N) is 1. The topological polar surface area (TPSA) is 111 Å². The molecule has 1 atom stereocenters. The van der Waals surface area contributed by atoms with E-state index >= 15 is 0 Å². The molecule has 0 fully saturated rings. The van der Waals surface area contributed by atoms with E-state index in [1.165, 1.54) is 6.92 Å². The van der Waals surface area contributed by atoms with E-state index in [4.69, 9.17) is 14.1 Å². The van der Waals surface area contributed by atoms with E-state index in [0.29, 0.717) is 0 Å². The van der Waals surface area contributed by atoms with Gasteiger partial charge in [0.05, 0.1) is 11.4 Å². The van der Waals surface area contributed by atoms with Crippen LogP contribution in [-0.4, -0.2) is 42.7 Å². The van der Waals surface area contributed by atoms with Crippen LogP contribution in [0.3, 0.4) is 0 Å². The molecule has 0 aliphatic carbocycles. The monoisotopic (exact) mass is 381 g/mol. The van der Waals surface area contributed by atoms with Crippen LogP contribution >= 0.6 is 0 Å². The van der Waals surface area contributed by atoms with E-state index in [0.717, 1.165) is 12.1 Å². The molecule has 146 valence electrons. The van der Waals surface area contributed by atoms with Crippen LogP contribution in [0.5, 0.6) is 5.75 Å². The highest BCUT2D eigenvalue weighted by Gasteiger charge is 2.38. The number of halogens is 1. The third-order valence-corrected chi connectivity index (χ3v) is 3.75.